The van der Waals surface area contributed by atoms with E-state index in [1.807, 2.05) is 36.4 Å². The Kier molecular flexibility index (Phi) is 4.99. The number of rotatable bonds is 5. The molecule has 0 aliphatic carbocycles. The minimum Gasteiger partial charge on any atom is -0.461 e. The van der Waals surface area contributed by atoms with Crippen molar-refractivity contribution in [2.75, 3.05) is 6.61 Å². The fraction of sp³-hybridized carbons (Fsp3) is 0.143. The number of aromatic amines is 1. The molecule has 0 aliphatic heterocycles. The maximum atomic E-state index is 12.6. The third-order valence-electron chi connectivity index (χ3n) is 4.36. The van der Waals surface area contributed by atoms with Crippen molar-refractivity contribution in [3.63, 3.8) is 0 Å². The average Bonchev–Trinajstić information content (AvgIpc) is 3.06. The molecule has 0 aliphatic rings. The van der Waals surface area contributed by atoms with Crippen LogP contribution >= 0.6 is 11.3 Å². The first-order valence-electron chi connectivity index (χ1n) is 8.79. The first-order chi connectivity index (χ1) is 13.6. The Balaban J connectivity index is 1.59. The van der Waals surface area contributed by atoms with E-state index in [2.05, 4.69) is 15.0 Å². The number of thiophene rings is 1. The lowest BCUT2D eigenvalue weighted by molar-refractivity contribution is 0.0514. The Morgan fingerprint density at radius 1 is 1.14 bits per heavy atom. The van der Waals surface area contributed by atoms with E-state index in [0.29, 0.717) is 38.6 Å². The van der Waals surface area contributed by atoms with Gasteiger partial charge < -0.3 is 9.72 Å². The van der Waals surface area contributed by atoms with E-state index < -0.39 is 5.97 Å². The summed E-state index contributed by atoms with van der Waals surface area (Å²) in [4.78, 5) is 37.4. The fourth-order valence-corrected chi connectivity index (χ4v) is 4.01. The summed E-state index contributed by atoms with van der Waals surface area (Å²) >= 11 is 1.17. The van der Waals surface area contributed by atoms with E-state index in [0.717, 1.165) is 5.56 Å². The highest BCUT2D eigenvalue weighted by molar-refractivity contribution is 7.20. The molecule has 0 unspecified atom stereocenters. The number of carbonyl (C=O) groups is 1. The molecule has 0 fully saturated rings. The van der Waals surface area contributed by atoms with Crippen molar-refractivity contribution in [3.05, 3.63) is 81.1 Å². The van der Waals surface area contributed by atoms with Crippen LogP contribution in [-0.2, 0) is 11.2 Å². The number of aryl methyl sites for hydroxylation is 1. The monoisotopic (exact) mass is 391 g/mol. The molecule has 0 radical (unpaired) electrons. The molecule has 7 heteroatoms. The second-order valence-corrected chi connectivity index (χ2v) is 7.24. The summed E-state index contributed by atoms with van der Waals surface area (Å²) in [5.41, 5.74) is 1.97. The molecule has 1 N–H and O–H groups in total. The van der Waals surface area contributed by atoms with Crippen molar-refractivity contribution in [1.29, 1.82) is 0 Å². The number of hydrogen-bond donors (Lipinski definition) is 1. The van der Waals surface area contributed by atoms with Crippen molar-refractivity contribution < 1.29 is 9.53 Å². The number of nitrogens with zero attached hydrogens (tertiary/aromatic N) is 2. The van der Waals surface area contributed by atoms with Gasteiger partial charge in [-0.1, -0.05) is 36.4 Å². The van der Waals surface area contributed by atoms with Gasteiger partial charge in [0, 0.05) is 12.6 Å². The van der Waals surface area contributed by atoms with Crippen LogP contribution in [0.25, 0.3) is 21.7 Å². The molecule has 0 bridgehead atoms. The van der Waals surface area contributed by atoms with E-state index in [9.17, 15) is 9.59 Å². The Labute approximate surface area is 164 Å². The summed E-state index contributed by atoms with van der Waals surface area (Å²) in [7, 11) is 0. The first-order valence-corrected chi connectivity index (χ1v) is 9.61. The topological polar surface area (TPSA) is 84.9 Å². The normalized spacial score (nSPS) is 10.9. The van der Waals surface area contributed by atoms with E-state index >= 15 is 0 Å². The van der Waals surface area contributed by atoms with Crippen LogP contribution in [0.1, 0.15) is 20.8 Å². The fourth-order valence-electron chi connectivity index (χ4n) is 2.93. The molecule has 0 saturated carbocycles. The molecule has 3 heterocycles. The zero-order valence-corrected chi connectivity index (χ0v) is 16.0. The summed E-state index contributed by atoms with van der Waals surface area (Å²) in [6.07, 6.45) is 2.27. The third-order valence-corrected chi connectivity index (χ3v) is 5.53. The molecule has 0 spiro atoms. The van der Waals surface area contributed by atoms with Gasteiger partial charge in [0.15, 0.2) is 5.82 Å². The first kappa shape index (κ1) is 18.1. The van der Waals surface area contributed by atoms with Gasteiger partial charge in [0.05, 0.1) is 12.0 Å². The summed E-state index contributed by atoms with van der Waals surface area (Å²) < 4.78 is 5.42. The number of carbonyl (C=O) groups excluding carboxylic acids is 1. The van der Waals surface area contributed by atoms with Crippen LogP contribution in [0.5, 0.6) is 0 Å². The van der Waals surface area contributed by atoms with Crippen LogP contribution in [0.15, 0.2) is 59.5 Å². The Hall–Kier alpha value is -3.32. The lowest BCUT2D eigenvalue weighted by Crippen LogP contribution is -2.11. The number of benzene rings is 1. The van der Waals surface area contributed by atoms with Crippen LogP contribution in [0.2, 0.25) is 0 Å². The van der Waals surface area contributed by atoms with Crippen LogP contribution in [-0.4, -0.2) is 27.5 Å². The number of ether oxygens (including phenoxy) is 1. The van der Waals surface area contributed by atoms with Gasteiger partial charge >= 0.3 is 5.97 Å². The smallest absolute Gasteiger partial charge is 0.348 e. The van der Waals surface area contributed by atoms with Gasteiger partial charge in [-0.25, -0.2) is 9.78 Å². The highest BCUT2D eigenvalue weighted by atomic mass is 32.1. The second-order valence-electron chi connectivity index (χ2n) is 6.24. The standard InChI is InChI=1S/C21H17N3O3S/c1-13-16-19(25)23-18(15-9-5-6-11-22-15)24-20(16)28-17(13)21(26)27-12-10-14-7-3-2-4-8-14/h2-9,11H,10,12H2,1H3,(H,23,24,25). The largest absolute Gasteiger partial charge is 0.461 e. The molecule has 0 amide bonds. The summed E-state index contributed by atoms with van der Waals surface area (Å²) in [6, 6.07) is 15.2. The van der Waals surface area contributed by atoms with Crippen LogP contribution in [0, 0.1) is 6.92 Å². The summed E-state index contributed by atoms with van der Waals surface area (Å²) in [6.45, 7) is 2.02. The minimum atomic E-state index is -0.435. The van der Waals surface area contributed by atoms with Crippen LogP contribution in [0.3, 0.4) is 0 Å². The maximum absolute atomic E-state index is 12.6. The van der Waals surface area contributed by atoms with E-state index in [4.69, 9.17) is 4.74 Å². The SMILES string of the molecule is Cc1c(C(=O)OCCc2ccccc2)sc2nc(-c3ccccn3)[nH]c(=O)c12. The number of fused-ring (bicyclic) bond motifs is 1. The third kappa shape index (κ3) is 3.57. The second kappa shape index (κ2) is 7.74. The van der Waals surface area contributed by atoms with Crippen molar-refractivity contribution in [2.45, 2.75) is 13.3 Å². The quantitative estimate of drug-likeness (QED) is 0.524. The molecule has 6 nitrogen and oxygen atoms in total. The predicted octanol–water partition coefficient (Wildman–Crippen LogP) is 3.75. The van der Waals surface area contributed by atoms with E-state index in [1.54, 1.807) is 25.3 Å². The van der Waals surface area contributed by atoms with Gasteiger partial charge in [0.1, 0.15) is 15.4 Å². The molecule has 28 heavy (non-hydrogen) atoms. The van der Waals surface area contributed by atoms with Crippen LogP contribution in [0.4, 0.5) is 0 Å². The van der Waals surface area contributed by atoms with Gasteiger partial charge in [-0.2, -0.15) is 0 Å². The van der Waals surface area contributed by atoms with E-state index in [1.165, 1.54) is 11.3 Å². The van der Waals surface area contributed by atoms with Gasteiger partial charge in [-0.05, 0) is 30.2 Å². The minimum absolute atomic E-state index is 0.277. The average molecular weight is 391 g/mol. The Morgan fingerprint density at radius 2 is 1.93 bits per heavy atom. The molecule has 0 saturated heterocycles. The van der Waals surface area contributed by atoms with Gasteiger partial charge in [0.25, 0.3) is 5.56 Å². The van der Waals surface area contributed by atoms with E-state index in [-0.39, 0.29) is 12.2 Å². The highest BCUT2D eigenvalue weighted by Crippen LogP contribution is 2.28. The molecule has 4 aromatic rings. The zero-order chi connectivity index (χ0) is 19.5. The Bertz CT molecular complexity index is 1180. The zero-order valence-electron chi connectivity index (χ0n) is 15.1. The maximum Gasteiger partial charge on any atom is 0.348 e. The molecule has 0 atom stereocenters. The number of hydrogen-bond acceptors (Lipinski definition) is 6. The summed E-state index contributed by atoms with van der Waals surface area (Å²) in [5.74, 6) is -0.0569. The van der Waals surface area contributed by atoms with Crippen molar-refractivity contribution in [1.82, 2.24) is 15.0 Å². The number of nitrogens with one attached hydrogen (secondary N) is 1. The lowest BCUT2D eigenvalue weighted by atomic mass is 10.2. The number of aromatic nitrogens is 3. The van der Waals surface area contributed by atoms with Crippen molar-refractivity contribution >= 4 is 27.5 Å². The van der Waals surface area contributed by atoms with Crippen LogP contribution < -0.4 is 5.56 Å². The number of pyridine rings is 1. The molecule has 4 rings (SSSR count). The van der Waals surface area contributed by atoms with Gasteiger partial charge in [0.2, 0.25) is 0 Å². The molecule has 1 aromatic carbocycles. The molecular formula is C21H17N3O3S. The highest BCUT2D eigenvalue weighted by Gasteiger charge is 2.20. The molecule has 140 valence electrons. The predicted molar refractivity (Wildman–Crippen MR) is 109 cm³/mol. The molecular weight excluding hydrogens is 374 g/mol. The summed E-state index contributed by atoms with van der Waals surface area (Å²) in [5, 5.41) is 0.416. The van der Waals surface area contributed by atoms with Gasteiger partial charge in [-0.15, -0.1) is 11.3 Å². The molecule has 3 aromatic heterocycles. The Morgan fingerprint density at radius 3 is 2.68 bits per heavy atom. The number of H-pyrrole nitrogens is 1. The van der Waals surface area contributed by atoms with Gasteiger partial charge in [-0.3, -0.25) is 9.78 Å². The lowest BCUT2D eigenvalue weighted by Gasteiger charge is -2.04. The number of esters is 1. The van der Waals surface area contributed by atoms with Crippen molar-refractivity contribution in [2.24, 2.45) is 0 Å². The van der Waals surface area contributed by atoms with Crippen molar-refractivity contribution in [3.8, 4) is 11.5 Å².